The molecule has 15 heavy (non-hydrogen) atoms. The third-order valence-corrected chi connectivity index (χ3v) is 2.96. The van der Waals surface area contributed by atoms with E-state index in [4.69, 9.17) is 0 Å². The summed E-state index contributed by atoms with van der Waals surface area (Å²) in [6, 6.07) is 0. The van der Waals surface area contributed by atoms with Gasteiger partial charge in [0.15, 0.2) is 0 Å². The Labute approximate surface area is 90.0 Å². The van der Waals surface area contributed by atoms with Crippen LogP contribution in [0.1, 0.15) is 39.2 Å². The van der Waals surface area contributed by atoms with Crippen LogP contribution in [-0.4, -0.2) is 15.0 Å². The average Bonchev–Trinajstić information content (AvgIpc) is 2.61. The summed E-state index contributed by atoms with van der Waals surface area (Å²) in [7, 11) is 0. The fourth-order valence-electron chi connectivity index (χ4n) is 2.18. The van der Waals surface area contributed by atoms with Gasteiger partial charge < -0.3 is 4.98 Å². The standard InChI is InChI=1S/C12H17N3/c1-4-5-12(2,3)10-7-14-11-9(10)6-13-8-15-11/h6-8H,4-5H2,1-3H3,(H,13,14,15). The molecule has 2 aromatic heterocycles. The van der Waals surface area contributed by atoms with Crippen molar-refractivity contribution in [3.05, 3.63) is 24.3 Å². The molecule has 0 aliphatic carbocycles. The summed E-state index contributed by atoms with van der Waals surface area (Å²) in [6.45, 7) is 6.76. The van der Waals surface area contributed by atoms with Crippen molar-refractivity contribution in [2.45, 2.75) is 39.0 Å². The van der Waals surface area contributed by atoms with E-state index < -0.39 is 0 Å². The quantitative estimate of drug-likeness (QED) is 0.833. The number of nitrogens with zero attached hydrogens (tertiary/aromatic N) is 2. The zero-order chi connectivity index (χ0) is 10.9. The molecule has 0 unspecified atom stereocenters. The van der Waals surface area contributed by atoms with E-state index in [1.807, 2.05) is 6.20 Å². The lowest BCUT2D eigenvalue weighted by Crippen LogP contribution is -2.15. The van der Waals surface area contributed by atoms with Crippen molar-refractivity contribution in [1.82, 2.24) is 15.0 Å². The molecule has 3 heteroatoms. The molecule has 3 nitrogen and oxygen atoms in total. The molecule has 0 spiro atoms. The number of hydrogen-bond acceptors (Lipinski definition) is 2. The van der Waals surface area contributed by atoms with Gasteiger partial charge in [-0.05, 0) is 17.4 Å². The van der Waals surface area contributed by atoms with Gasteiger partial charge in [-0.15, -0.1) is 0 Å². The van der Waals surface area contributed by atoms with Crippen molar-refractivity contribution in [2.24, 2.45) is 0 Å². The molecule has 2 heterocycles. The summed E-state index contributed by atoms with van der Waals surface area (Å²) in [5.74, 6) is 0. The third kappa shape index (κ3) is 1.74. The monoisotopic (exact) mass is 203 g/mol. The molecule has 0 atom stereocenters. The normalized spacial score (nSPS) is 12.2. The lowest BCUT2D eigenvalue weighted by Gasteiger charge is -2.23. The minimum atomic E-state index is 0.192. The fraction of sp³-hybridized carbons (Fsp3) is 0.500. The lowest BCUT2D eigenvalue weighted by atomic mass is 9.81. The zero-order valence-electron chi connectivity index (χ0n) is 9.54. The molecule has 0 amide bonds. The Morgan fingerprint density at radius 3 is 2.93 bits per heavy atom. The Bertz CT molecular complexity index is 457. The number of rotatable bonds is 3. The number of aromatic amines is 1. The second kappa shape index (κ2) is 3.65. The molecular weight excluding hydrogens is 186 g/mol. The Morgan fingerprint density at radius 2 is 2.20 bits per heavy atom. The molecule has 0 saturated carbocycles. The van der Waals surface area contributed by atoms with Crippen molar-refractivity contribution in [3.63, 3.8) is 0 Å². The summed E-state index contributed by atoms with van der Waals surface area (Å²) in [4.78, 5) is 11.5. The highest BCUT2D eigenvalue weighted by molar-refractivity contribution is 5.79. The van der Waals surface area contributed by atoms with Gasteiger partial charge in [0.05, 0.1) is 0 Å². The predicted octanol–water partition coefficient (Wildman–Crippen LogP) is 3.04. The molecule has 0 fully saturated rings. The minimum Gasteiger partial charge on any atom is -0.346 e. The highest BCUT2D eigenvalue weighted by Crippen LogP contribution is 2.32. The SMILES string of the molecule is CCCC(C)(C)c1c[nH]c2ncncc12. The predicted molar refractivity (Wildman–Crippen MR) is 61.8 cm³/mol. The van der Waals surface area contributed by atoms with Crippen molar-refractivity contribution in [2.75, 3.05) is 0 Å². The van der Waals surface area contributed by atoms with Crippen LogP contribution in [0.25, 0.3) is 11.0 Å². The Hall–Kier alpha value is -1.38. The summed E-state index contributed by atoms with van der Waals surface area (Å²) < 4.78 is 0. The van der Waals surface area contributed by atoms with Crippen molar-refractivity contribution in [1.29, 1.82) is 0 Å². The fourth-order valence-corrected chi connectivity index (χ4v) is 2.18. The molecule has 0 radical (unpaired) electrons. The van der Waals surface area contributed by atoms with E-state index in [0.717, 1.165) is 11.0 Å². The maximum Gasteiger partial charge on any atom is 0.140 e. The first-order valence-corrected chi connectivity index (χ1v) is 5.42. The average molecular weight is 203 g/mol. The molecule has 0 bridgehead atoms. The molecule has 0 saturated heterocycles. The minimum absolute atomic E-state index is 0.192. The van der Waals surface area contributed by atoms with Crippen LogP contribution in [0.15, 0.2) is 18.7 Å². The number of nitrogens with one attached hydrogen (secondary N) is 1. The number of aromatic nitrogens is 3. The molecule has 0 aromatic carbocycles. The van der Waals surface area contributed by atoms with Gasteiger partial charge in [0, 0.05) is 17.8 Å². The largest absolute Gasteiger partial charge is 0.346 e. The highest BCUT2D eigenvalue weighted by atomic mass is 14.9. The van der Waals surface area contributed by atoms with E-state index in [1.54, 1.807) is 6.33 Å². The molecule has 0 aliphatic rings. The maximum atomic E-state index is 4.21. The first kappa shape index (κ1) is 10.1. The van der Waals surface area contributed by atoms with Crippen LogP contribution in [-0.2, 0) is 5.41 Å². The molecule has 2 rings (SSSR count). The Balaban J connectivity index is 2.52. The first-order chi connectivity index (χ1) is 7.15. The van der Waals surface area contributed by atoms with E-state index >= 15 is 0 Å². The molecule has 0 aliphatic heterocycles. The van der Waals surface area contributed by atoms with Crippen LogP contribution in [0.3, 0.4) is 0 Å². The second-order valence-corrected chi connectivity index (χ2v) is 4.62. The van der Waals surface area contributed by atoms with E-state index in [9.17, 15) is 0 Å². The van der Waals surface area contributed by atoms with Crippen LogP contribution >= 0.6 is 0 Å². The van der Waals surface area contributed by atoms with Crippen molar-refractivity contribution in [3.8, 4) is 0 Å². The topological polar surface area (TPSA) is 41.6 Å². The summed E-state index contributed by atoms with van der Waals surface area (Å²) in [5.41, 5.74) is 2.45. The second-order valence-electron chi connectivity index (χ2n) is 4.62. The summed E-state index contributed by atoms with van der Waals surface area (Å²) >= 11 is 0. The molecular formula is C12H17N3. The van der Waals surface area contributed by atoms with Gasteiger partial charge in [0.25, 0.3) is 0 Å². The van der Waals surface area contributed by atoms with E-state index in [-0.39, 0.29) is 5.41 Å². The van der Waals surface area contributed by atoms with Gasteiger partial charge in [-0.3, -0.25) is 0 Å². The molecule has 2 aromatic rings. The van der Waals surface area contributed by atoms with Gasteiger partial charge in [0.2, 0.25) is 0 Å². The van der Waals surface area contributed by atoms with E-state index in [2.05, 4.69) is 41.9 Å². The van der Waals surface area contributed by atoms with Gasteiger partial charge >= 0.3 is 0 Å². The van der Waals surface area contributed by atoms with E-state index in [1.165, 1.54) is 18.4 Å². The van der Waals surface area contributed by atoms with Crippen LogP contribution in [0, 0.1) is 0 Å². The van der Waals surface area contributed by atoms with Crippen molar-refractivity contribution < 1.29 is 0 Å². The zero-order valence-corrected chi connectivity index (χ0v) is 9.54. The molecule has 1 N–H and O–H groups in total. The number of H-pyrrole nitrogens is 1. The summed E-state index contributed by atoms with van der Waals surface area (Å²) in [5, 5.41) is 1.15. The smallest absolute Gasteiger partial charge is 0.140 e. The van der Waals surface area contributed by atoms with Gasteiger partial charge in [-0.2, -0.15) is 0 Å². The van der Waals surface area contributed by atoms with Gasteiger partial charge in [-0.25, -0.2) is 9.97 Å². The lowest BCUT2D eigenvalue weighted by molar-refractivity contribution is 0.477. The van der Waals surface area contributed by atoms with E-state index in [0.29, 0.717) is 0 Å². The summed E-state index contributed by atoms with van der Waals surface area (Å²) in [6.07, 6.45) is 7.90. The number of hydrogen-bond donors (Lipinski definition) is 1. The third-order valence-electron chi connectivity index (χ3n) is 2.96. The van der Waals surface area contributed by atoms with Crippen LogP contribution in [0.4, 0.5) is 0 Å². The first-order valence-electron chi connectivity index (χ1n) is 5.42. The Morgan fingerprint density at radius 1 is 1.40 bits per heavy atom. The maximum absolute atomic E-state index is 4.21. The van der Waals surface area contributed by atoms with Gasteiger partial charge in [0.1, 0.15) is 12.0 Å². The molecule has 80 valence electrons. The highest BCUT2D eigenvalue weighted by Gasteiger charge is 2.23. The van der Waals surface area contributed by atoms with Crippen LogP contribution < -0.4 is 0 Å². The van der Waals surface area contributed by atoms with Crippen LogP contribution in [0.2, 0.25) is 0 Å². The number of fused-ring (bicyclic) bond motifs is 1. The van der Waals surface area contributed by atoms with Gasteiger partial charge in [-0.1, -0.05) is 27.2 Å². The van der Waals surface area contributed by atoms with Crippen LogP contribution in [0.5, 0.6) is 0 Å². The van der Waals surface area contributed by atoms with Crippen molar-refractivity contribution >= 4 is 11.0 Å². The Kier molecular flexibility index (Phi) is 2.47.